The number of carbonyl (C=O) groups is 2. The third-order valence-electron chi connectivity index (χ3n) is 3.79. The SMILES string of the molecule is CCOC(=O)C1C(C)=CC(=O)CC1c1ccc(OC)cc1. The smallest absolute Gasteiger partial charge is 0.313 e. The third kappa shape index (κ3) is 3.32. The Labute approximate surface area is 124 Å². The van der Waals surface area contributed by atoms with E-state index in [2.05, 4.69) is 0 Å². The molecule has 0 aliphatic heterocycles. The van der Waals surface area contributed by atoms with Gasteiger partial charge in [0.25, 0.3) is 0 Å². The minimum atomic E-state index is -0.393. The van der Waals surface area contributed by atoms with Crippen molar-refractivity contribution >= 4 is 11.8 Å². The number of methoxy groups -OCH3 is 1. The van der Waals surface area contributed by atoms with Gasteiger partial charge in [0.05, 0.1) is 19.6 Å². The second-order valence-corrected chi connectivity index (χ2v) is 5.17. The summed E-state index contributed by atoms with van der Waals surface area (Å²) in [6.45, 7) is 3.94. The third-order valence-corrected chi connectivity index (χ3v) is 3.79. The lowest BCUT2D eigenvalue weighted by Gasteiger charge is -2.29. The molecule has 0 bridgehead atoms. The van der Waals surface area contributed by atoms with Crippen LogP contribution in [0.25, 0.3) is 0 Å². The fourth-order valence-electron chi connectivity index (χ4n) is 2.80. The van der Waals surface area contributed by atoms with E-state index in [4.69, 9.17) is 9.47 Å². The van der Waals surface area contributed by atoms with E-state index >= 15 is 0 Å². The number of esters is 1. The van der Waals surface area contributed by atoms with Gasteiger partial charge in [0.1, 0.15) is 5.75 Å². The first-order valence-corrected chi connectivity index (χ1v) is 7.08. The van der Waals surface area contributed by atoms with Crippen molar-refractivity contribution in [1.29, 1.82) is 0 Å². The molecule has 4 nitrogen and oxygen atoms in total. The van der Waals surface area contributed by atoms with E-state index in [1.165, 1.54) is 0 Å². The number of hydrogen-bond donors (Lipinski definition) is 0. The van der Waals surface area contributed by atoms with Crippen LogP contribution in [0.5, 0.6) is 5.75 Å². The van der Waals surface area contributed by atoms with E-state index in [1.54, 1.807) is 20.1 Å². The molecule has 2 atom stereocenters. The Morgan fingerprint density at radius 3 is 2.52 bits per heavy atom. The molecule has 0 spiro atoms. The second kappa shape index (κ2) is 6.57. The first kappa shape index (κ1) is 15.3. The molecule has 4 heteroatoms. The number of carbonyl (C=O) groups excluding carboxylic acids is 2. The van der Waals surface area contributed by atoms with Crippen LogP contribution in [0.4, 0.5) is 0 Å². The predicted octanol–water partition coefficient (Wildman–Crippen LogP) is 2.88. The summed E-state index contributed by atoms with van der Waals surface area (Å²) in [5.41, 5.74) is 1.72. The monoisotopic (exact) mass is 288 g/mol. The van der Waals surface area contributed by atoms with Crippen molar-refractivity contribution in [2.24, 2.45) is 5.92 Å². The molecule has 0 saturated heterocycles. The lowest BCUT2D eigenvalue weighted by molar-refractivity contribution is -0.147. The quantitative estimate of drug-likeness (QED) is 0.799. The molecule has 2 unspecified atom stereocenters. The van der Waals surface area contributed by atoms with Gasteiger partial charge >= 0.3 is 5.97 Å². The lowest BCUT2D eigenvalue weighted by atomic mass is 9.75. The van der Waals surface area contributed by atoms with Crippen molar-refractivity contribution in [2.45, 2.75) is 26.2 Å². The molecule has 112 valence electrons. The van der Waals surface area contributed by atoms with Crippen LogP contribution in [0, 0.1) is 5.92 Å². The topological polar surface area (TPSA) is 52.6 Å². The Morgan fingerprint density at radius 2 is 1.95 bits per heavy atom. The van der Waals surface area contributed by atoms with Gasteiger partial charge in [0.2, 0.25) is 0 Å². The summed E-state index contributed by atoms with van der Waals surface area (Å²) in [5.74, 6) is -0.0298. The lowest BCUT2D eigenvalue weighted by Crippen LogP contribution is -2.30. The minimum absolute atomic E-state index is 0.0499. The van der Waals surface area contributed by atoms with Crippen LogP contribution >= 0.6 is 0 Å². The summed E-state index contributed by atoms with van der Waals surface area (Å²) in [4.78, 5) is 24.1. The van der Waals surface area contributed by atoms with Crippen LogP contribution in [-0.2, 0) is 14.3 Å². The van der Waals surface area contributed by atoms with Crippen LogP contribution in [-0.4, -0.2) is 25.5 Å². The Bertz CT molecular complexity index is 557. The Morgan fingerprint density at radius 1 is 1.29 bits per heavy atom. The van der Waals surface area contributed by atoms with Gasteiger partial charge in [-0.05, 0) is 37.6 Å². The molecule has 1 aromatic rings. The van der Waals surface area contributed by atoms with Gasteiger partial charge in [0.15, 0.2) is 5.78 Å². The molecular formula is C17H20O4. The number of ether oxygens (including phenoxy) is 2. The van der Waals surface area contributed by atoms with Crippen LogP contribution in [0.1, 0.15) is 31.7 Å². The molecule has 0 radical (unpaired) electrons. The van der Waals surface area contributed by atoms with E-state index in [0.29, 0.717) is 13.0 Å². The molecule has 2 rings (SSSR count). The fraction of sp³-hybridized carbons (Fsp3) is 0.412. The summed E-state index contributed by atoms with van der Waals surface area (Å²) in [6, 6.07) is 7.49. The van der Waals surface area contributed by atoms with Crippen molar-refractivity contribution in [1.82, 2.24) is 0 Å². The van der Waals surface area contributed by atoms with Crippen molar-refractivity contribution in [3.63, 3.8) is 0 Å². The van der Waals surface area contributed by atoms with E-state index in [-0.39, 0.29) is 17.7 Å². The predicted molar refractivity (Wildman–Crippen MR) is 79.2 cm³/mol. The summed E-state index contributed by atoms with van der Waals surface area (Å²) in [6.07, 6.45) is 1.88. The maximum Gasteiger partial charge on any atom is 0.313 e. The van der Waals surface area contributed by atoms with Crippen molar-refractivity contribution in [2.75, 3.05) is 13.7 Å². The van der Waals surface area contributed by atoms with E-state index < -0.39 is 5.92 Å². The van der Waals surface area contributed by atoms with E-state index in [1.807, 2.05) is 31.2 Å². The number of ketones is 1. The van der Waals surface area contributed by atoms with Gasteiger partial charge in [-0.3, -0.25) is 9.59 Å². The van der Waals surface area contributed by atoms with E-state index in [0.717, 1.165) is 16.9 Å². The number of allylic oxidation sites excluding steroid dienone is 1. The van der Waals surface area contributed by atoms with Gasteiger partial charge in [-0.1, -0.05) is 17.7 Å². The van der Waals surface area contributed by atoms with Crippen molar-refractivity contribution in [3.8, 4) is 5.75 Å². The molecule has 0 amide bonds. The highest BCUT2D eigenvalue weighted by Crippen LogP contribution is 2.38. The highest BCUT2D eigenvalue weighted by Gasteiger charge is 2.36. The molecule has 1 aliphatic rings. The van der Waals surface area contributed by atoms with Gasteiger partial charge in [-0.25, -0.2) is 0 Å². The Kier molecular flexibility index (Phi) is 4.78. The maximum absolute atomic E-state index is 12.2. The number of benzene rings is 1. The van der Waals surface area contributed by atoms with Crippen LogP contribution in [0.2, 0.25) is 0 Å². The zero-order valence-corrected chi connectivity index (χ0v) is 12.6. The Hall–Kier alpha value is -2.10. The number of hydrogen-bond acceptors (Lipinski definition) is 4. The molecule has 0 N–H and O–H groups in total. The molecule has 1 aromatic carbocycles. The molecule has 0 aromatic heterocycles. The highest BCUT2D eigenvalue weighted by molar-refractivity contribution is 5.95. The molecule has 0 fully saturated rings. The van der Waals surface area contributed by atoms with Crippen LogP contribution in [0.15, 0.2) is 35.9 Å². The molecule has 1 aliphatic carbocycles. The van der Waals surface area contributed by atoms with Gasteiger partial charge in [-0.2, -0.15) is 0 Å². The first-order chi connectivity index (χ1) is 10.1. The first-order valence-electron chi connectivity index (χ1n) is 7.08. The van der Waals surface area contributed by atoms with Gasteiger partial charge < -0.3 is 9.47 Å². The zero-order valence-electron chi connectivity index (χ0n) is 12.6. The highest BCUT2D eigenvalue weighted by atomic mass is 16.5. The Balaban J connectivity index is 2.34. The number of rotatable bonds is 4. The minimum Gasteiger partial charge on any atom is -0.497 e. The molecular weight excluding hydrogens is 268 g/mol. The molecule has 21 heavy (non-hydrogen) atoms. The standard InChI is InChI=1S/C17H20O4/c1-4-21-17(19)16-11(2)9-13(18)10-15(16)12-5-7-14(20-3)8-6-12/h5-9,15-16H,4,10H2,1-3H3. The fourth-order valence-corrected chi connectivity index (χ4v) is 2.80. The maximum atomic E-state index is 12.2. The van der Waals surface area contributed by atoms with Gasteiger partial charge in [-0.15, -0.1) is 0 Å². The average molecular weight is 288 g/mol. The molecule has 0 saturated carbocycles. The van der Waals surface area contributed by atoms with Gasteiger partial charge in [0, 0.05) is 12.3 Å². The molecule has 0 heterocycles. The summed E-state index contributed by atoms with van der Waals surface area (Å²) >= 11 is 0. The normalized spacial score (nSPS) is 21.7. The van der Waals surface area contributed by atoms with Crippen LogP contribution < -0.4 is 4.74 Å². The average Bonchev–Trinajstić information content (AvgIpc) is 2.46. The van der Waals surface area contributed by atoms with Crippen molar-refractivity contribution in [3.05, 3.63) is 41.5 Å². The largest absolute Gasteiger partial charge is 0.497 e. The summed E-state index contributed by atoms with van der Waals surface area (Å²) in [7, 11) is 1.60. The summed E-state index contributed by atoms with van der Waals surface area (Å²) < 4.78 is 10.3. The summed E-state index contributed by atoms with van der Waals surface area (Å²) in [5, 5.41) is 0. The van der Waals surface area contributed by atoms with Crippen LogP contribution in [0.3, 0.4) is 0 Å². The van der Waals surface area contributed by atoms with E-state index in [9.17, 15) is 9.59 Å². The second-order valence-electron chi connectivity index (χ2n) is 5.17. The zero-order chi connectivity index (χ0) is 15.4. The van der Waals surface area contributed by atoms with Crippen molar-refractivity contribution < 1.29 is 19.1 Å².